The van der Waals surface area contributed by atoms with Crippen LogP contribution in [0, 0.1) is 0 Å². The predicted molar refractivity (Wildman–Crippen MR) is 80.1 cm³/mol. The molecule has 0 unspecified atom stereocenters. The van der Waals surface area contributed by atoms with E-state index in [-0.39, 0.29) is 26.1 Å². The monoisotopic (exact) mass is 434 g/mol. The number of hydrogen-bond donors (Lipinski definition) is 0. The fourth-order valence-corrected chi connectivity index (χ4v) is 5.79. The summed E-state index contributed by atoms with van der Waals surface area (Å²) in [5, 5.41) is 0. The molecule has 0 spiro atoms. The summed E-state index contributed by atoms with van der Waals surface area (Å²) in [6.07, 6.45) is -0.664. The van der Waals surface area contributed by atoms with Gasteiger partial charge in [-0.1, -0.05) is 0 Å². The molecule has 0 aliphatic carbocycles. The highest BCUT2D eigenvalue weighted by Crippen LogP contribution is 2.10. The van der Waals surface area contributed by atoms with Crippen LogP contribution in [-0.4, -0.2) is 58.4 Å². The molecular formula is C8H18O12S4. The Bertz CT molecular complexity index is 719. The Morgan fingerprint density at radius 1 is 0.583 bits per heavy atom. The minimum absolute atomic E-state index is 0.332. The van der Waals surface area contributed by atoms with Gasteiger partial charge in [-0.15, -0.1) is 7.26 Å². The molecule has 0 aromatic carbocycles. The molecule has 0 saturated heterocycles. The third-order valence-electron chi connectivity index (χ3n) is 1.94. The first-order valence-corrected chi connectivity index (χ1v) is 12.2. The maximum atomic E-state index is 11.4. The maximum Gasteiger partial charge on any atom is 0.414 e. The topological polar surface area (TPSA) is 173 Å². The van der Waals surface area contributed by atoms with Gasteiger partial charge < -0.3 is 0 Å². The average molecular weight is 434 g/mol. The Morgan fingerprint density at radius 2 is 0.875 bits per heavy atom. The predicted octanol–water partition coefficient (Wildman–Crippen LogP) is -0.978. The first-order chi connectivity index (χ1) is 10.7. The van der Waals surface area contributed by atoms with Gasteiger partial charge in [0.05, 0.1) is 24.7 Å². The van der Waals surface area contributed by atoms with E-state index in [1.54, 1.807) is 0 Å². The summed E-state index contributed by atoms with van der Waals surface area (Å²) in [7, 11) is -18.5. The minimum Gasteiger partial charge on any atom is -0.248 e. The first-order valence-electron chi connectivity index (χ1n) is 6.40. The highest BCUT2D eigenvalue weighted by atomic mass is 32.3. The molecule has 0 fully saturated rings. The molecule has 146 valence electrons. The van der Waals surface area contributed by atoms with Gasteiger partial charge in [0.25, 0.3) is 20.2 Å². The summed E-state index contributed by atoms with van der Waals surface area (Å²) >= 11 is 0. The second-order valence-corrected chi connectivity index (χ2v) is 10.2. The molecule has 0 heterocycles. The summed E-state index contributed by atoms with van der Waals surface area (Å²) in [5.41, 5.74) is 0. The molecule has 0 saturated carbocycles. The van der Waals surface area contributed by atoms with Crippen LogP contribution in [0.25, 0.3) is 0 Å². The lowest BCUT2D eigenvalue weighted by Gasteiger charge is -2.06. The van der Waals surface area contributed by atoms with E-state index in [0.29, 0.717) is 0 Å². The van der Waals surface area contributed by atoms with Crippen molar-refractivity contribution in [3.05, 3.63) is 0 Å². The Morgan fingerprint density at radius 3 is 1.12 bits per heavy atom. The molecule has 24 heavy (non-hydrogen) atoms. The standard InChI is InChI=1S/C8H18O12S4/c1-3-17-23(13,14)19-21(9,10)7-5-6-8-22(11,12)20-24(15,16)18-4-2/h3-8H2,1-2H3. The van der Waals surface area contributed by atoms with Gasteiger partial charge >= 0.3 is 20.8 Å². The Balaban J connectivity index is 4.48. The van der Waals surface area contributed by atoms with E-state index in [2.05, 4.69) is 15.6 Å². The molecule has 0 amide bonds. The number of unbranched alkanes of at least 4 members (excludes halogenated alkanes) is 1. The number of rotatable bonds is 13. The van der Waals surface area contributed by atoms with Gasteiger partial charge in [0.2, 0.25) is 0 Å². The van der Waals surface area contributed by atoms with Crippen molar-refractivity contribution in [1.82, 2.24) is 0 Å². The lowest BCUT2D eigenvalue weighted by atomic mass is 10.4. The second kappa shape index (κ2) is 9.37. The minimum atomic E-state index is -4.71. The van der Waals surface area contributed by atoms with Gasteiger partial charge in [-0.25, -0.2) is 8.37 Å². The Hall–Kier alpha value is -0.360. The van der Waals surface area contributed by atoms with Crippen LogP contribution in [0.2, 0.25) is 0 Å². The van der Waals surface area contributed by atoms with Crippen LogP contribution in [0.3, 0.4) is 0 Å². The van der Waals surface area contributed by atoms with Crippen LogP contribution in [0.5, 0.6) is 0 Å². The molecule has 0 bridgehead atoms. The lowest BCUT2D eigenvalue weighted by Crippen LogP contribution is -2.20. The van der Waals surface area contributed by atoms with E-state index < -0.39 is 52.5 Å². The van der Waals surface area contributed by atoms with Gasteiger partial charge in [0.1, 0.15) is 0 Å². The van der Waals surface area contributed by atoms with Crippen molar-refractivity contribution in [1.29, 1.82) is 0 Å². The van der Waals surface area contributed by atoms with Crippen molar-refractivity contribution < 1.29 is 49.3 Å². The van der Waals surface area contributed by atoms with E-state index in [1.165, 1.54) is 13.8 Å². The van der Waals surface area contributed by atoms with Gasteiger partial charge in [-0.05, 0) is 26.7 Å². The van der Waals surface area contributed by atoms with Crippen LogP contribution in [0.15, 0.2) is 0 Å². The molecule has 0 aliphatic rings. The molecule has 0 aromatic rings. The van der Waals surface area contributed by atoms with Crippen molar-refractivity contribution in [2.75, 3.05) is 24.7 Å². The summed E-state index contributed by atoms with van der Waals surface area (Å²) in [4.78, 5) is 0. The van der Waals surface area contributed by atoms with Crippen molar-refractivity contribution in [2.45, 2.75) is 26.7 Å². The second-order valence-electron chi connectivity index (χ2n) is 4.00. The smallest absolute Gasteiger partial charge is 0.248 e. The van der Waals surface area contributed by atoms with Gasteiger partial charge in [-0.3, -0.25) is 0 Å². The van der Waals surface area contributed by atoms with Gasteiger partial charge in [0, 0.05) is 0 Å². The van der Waals surface area contributed by atoms with E-state index in [0.717, 1.165) is 0 Å². The zero-order valence-electron chi connectivity index (χ0n) is 12.8. The summed E-state index contributed by atoms with van der Waals surface area (Å²) in [6, 6.07) is 0. The quantitative estimate of drug-likeness (QED) is 0.325. The zero-order chi connectivity index (χ0) is 19.1. The fraction of sp³-hybridized carbons (Fsp3) is 1.00. The third-order valence-corrected chi connectivity index (χ3v) is 7.56. The van der Waals surface area contributed by atoms with Crippen molar-refractivity contribution in [3.8, 4) is 0 Å². The lowest BCUT2D eigenvalue weighted by molar-refractivity contribution is 0.286. The molecule has 0 atom stereocenters. The highest BCUT2D eigenvalue weighted by Gasteiger charge is 2.25. The normalized spacial score (nSPS) is 13.9. The van der Waals surface area contributed by atoms with Crippen molar-refractivity contribution in [3.63, 3.8) is 0 Å². The van der Waals surface area contributed by atoms with Crippen LogP contribution in [0.1, 0.15) is 26.7 Å². The first kappa shape index (κ1) is 23.6. The third kappa shape index (κ3) is 11.2. The van der Waals surface area contributed by atoms with Gasteiger partial charge in [-0.2, -0.15) is 33.7 Å². The fourth-order valence-electron chi connectivity index (χ4n) is 1.21. The van der Waals surface area contributed by atoms with Crippen molar-refractivity contribution in [2.24, 2.45) is 0 Å². The van der Waals surface area contributed by atoms with Crippen LogP contribution in [0.4, 0.5) is 0 Å². The summed E-state index contributed by atoms with van der Waals surface area (Å²) in [6.45, 7) is 1.94. The maximum absolute atomic E-state index is 11.4. The van der Waals surface area contributed by atoms with Crippen molar-refractivity contribution >= 4 is 41.0 Å². The molecule has 0 radical (unpaired) electrons. The molecule has 0 aromatic heterocycles. The van der Waals surface area contributed by atoms with E-state index in [9.17, 15) is 33.7 Å². The van der Waals surface area contributed by atoms with Crippen LogP contribution >= 0.6 is 0 Å². The Kier molecular flexibility index (Phi) is 9.23. The molecule has 0 N–H and O–H groups in total. The SMILES string of the molecule is CCOS(=O)(=O)OS(=O)(=O)CCCCS(=O)(=O)OS(=O)(=O)OCC. The molecule has 16 heteroatoms. The zero-order valence-corrected chi connectivity index (χ0v) is 16.0. The van der Waals surface area contributed by atoms with Crippen LogP contribution < -0.4 is 0 Å². The largest absolute Gasteiger partial charge is 0.414 e. The average Bonchev–Trinajstić information content (AvgIpc) is 2.31. The summed E-state index contributed by atoms with van der Waals surface area (Å²) < 4.78 is 105. The molecule has 0 aliphatic heterocycles. The highest BCUT2D eigenvalue weighted by molar-refractivity contribution is 7.98. The molecular weight excluding hydrogens is 416 g/mol. The van der Waals surface area contributed by atoms with Crippen LogP contribution in [-0.2, 0) is 56.7 Å². The summed E-state index contributed by atoms with van der Waals surface area (Å²) in [5.74, 6) is -1.65. The molecule has 12 nitrogen and oxygen atoms in total. The van der Waals surface area contributed by atoms with E-state index in [1.807, 2.05) is 0 Å². The Labute approximate surface area is 142 Å². The van der Waals surface area contributed by atoms with Gasteiger partial charge in [0.15, 0.2) is 0 Å². The number of hydrogen-bond acceptors (Lipinski definition) is 12. The van der Waals surface area contributed by atoms with E-state index >= 15 is 0 Å². The molecule has 0 rings (SSSR count). The van der Waals surface area contributed by atoms with E-state index in [4.69, 9.17) is 0 Å².